The zero-order valence-corrected chi connectivity index (χ0v) is 7.05. The van der Waals surface area contributed by atoms with Gasteiger partial charge in [-0.15, -0.1) is 0 Å². The number of imidazole rings is 1. The van der Waals surface area contributed by atoms with E-state index in [1.807, 2.05) is 24.3 Å². The standard InChI is InChI=1S/C9H7ClN2.CH4/c10-8-4-2-1-3-7(8)9-11-5-6-12-9;/h1-6H,(H,11,12);1H4. The molecule has 0 spiro atoms. The molecule has 0 saturated carbocycles. The van der Waals surface area contributed by atoms with Gasteiger partial charge in [0.05, 0.1) is 5.02 Å². The van der Waals surface area contributed by atoms with E-state index in [1.54, 1.807) is 12.4 Å². The van der Waals surface area contributed by atoms with Crippen LogP contribution in [0, 0.1) is 0 Å². The second-order valence-corrected chi connectivity index (χ2v) is 2.82. The monoisotopic (exact) mass is 194 g/mol. The van der Waals surface area contributed by atoms with Crippen molar-refractivity contribution in [3.05, 3.63) is 41.7 Å². The number of hydrogen-bond donors (Lipinski definition) is 1. The molecule has 1 aromatic carbocycles. The van der Waals surface area contributed by atoms with Crippen LogP contribution in [0.2, 0.25) is 5.02 Å². The van der Waals surface area contributed by atoms with Crippen LogP contribution in [-0.4, -0.2) is 9.97 Å². The maximum absolute atomic E-state index is 5.96. The van der Waals surface area contributed by atoms with Crippen molar-refractivity contribution in [2.24, 2.45) is 0 Å². The predicted molar refractivity (Wildman–Crippen MR) is 55.8 cm³/mol. The normalized spacial score (nSPS) is 9.31. The van der Waals surface area contributed by atoms with Gasteiger partial charge in [0.15, 0.2) is 0 Å². The van der Waals surface area contributed by atoms with Gasteiger partial charge < -0.3 is 4.98 Å². The zero-order chi connectivity index (χ0) is 8.39. The van der Waals surface area contributed by atoms with Crippen molar-refractivity contribution in [1.82, 2.24) is 9.97 Å². The summed E-state index contributed by atoms with van der Waals surface area (Å²) < 4.78 is 0. The molecule has 2 nitrogen and oxygen atoms in total. The quantitative estimate of drug-likeness (QED) is 0.741. The summed E-state index contributed by atoms with van der Waals surface area (Å²) in [5.74, 6) is 0.806. The molecule has 0 atom stereocenters. The minimum absolute atomic E-state index is 0. The number of benzene rings is 1. The summed E-state index contributed by atoms with van der Waals surface area (Å²) in [6, 6.07) is 7.61. The number of rotatable bonds is 1. The molecule has 0 amide bonds. The molecule has 2 rings (SSSR count). The first-order valence-corrected chi connectivity index (χ1v) is 4.00. The molecule has 0 aliphatic rings. The van der Waals surface area contributed by atoms with Gasteiger partial charge in [0.1, 0.15) is 5.82 Å². The number of aromatic nitrogens is 2. The average molecular weight is 195 g/mol. The van der Waals surface area contributed by atoms with Crippen molar-refractivity contribution in [1.29, 1.82) is 0 Å². The van der Waals surface area contributed by atoms with Gasteiger partial charge in [0, 0.05) is 18.0 Å². The molecule has 1 N–H and O–H groups in total. The Balaban J connectivity index is 0.000000845. The number of aromatic amines is 1. The zero-order valence-electron chi connectivity index (χ0n) is 6.29. The predicted octanol–water partition coefficient (Wildman–Crippen LogP) is 3.37. The van der Waals surface area contributed by atoms with Crippen molar-refractivity contribution in [3.63, 3.8) is 0 Å². The third kappa shape index (κ3) is 1.90. The fourth-order valence-electron chi connectivity index (χ4n) is 1.07. The van der Waals surface area contributed by atoms with Crippen molar-refractivity contribution < 1.29 is 0 Å². The van der Waals surface area contributed by atoms with Gasteiger partial charge in [0.25, 0.3) is 0 Å². The SMILES string of the molecule is C.Clc1ccccc1-c1ncc[nH]1. The first kappa shape index (κ1) is 9.81. The van der Waals surface area contributed by atoms with Gasteiger partial charge in [-0.05, 0) is 12.1 Å². The summed E-state index contributed by atoms with van der Waals surface area (Å²) in [4.78, 5) is 7.11. The lowest BCUT2D eigenvalue weighted by Crippen LogP contribution is -1.80. The topological polar surface area (TPSA) is 28.7 Å². The summed E-state index contributed by atoms with van der Waals surface area (Å²) in [6.07, 6.45) is 3.48. The lowest BCUT2D eigenvalue weighted by molar-refractivity contribution is 1.31. The summed E-state index contributed by atoms with van der Waals surface area (Å²) in [7, 11) is 0. The summed E-state index contributed by atoms with van der Waals surface area (Å²) in [6.45, 7) is 0. The minimum Gasteiger partial charge on any atom is -0.345 e. The first-order valence-electron chi connectivity index (χ1n) is 3.62. The van der Waals surface area contributed by atoms with E-state index in [0.29, 0.717) is 5.02 Å². The second-order valence-electron chi connectivity index (χ2n) is 2.42. The van der Waals surface area contributed by atoms with Gasteiger partial charge in [-0.1, -0.05) is 31.2 Å². The molecule has 13 heavy (non-hydrogen) atoms. The van der Waals surface area contributed by atoms with Crippen LogP contribution in [0.25, 0.3) is 11.4 Å². The van der Waals surface area contributed by atoms with E-state index in [-0.39, 0.29) is 7.43 Å². The molecule has 2 aromatic rings. The number of nitrogens with one attached hydrogen (secondary N) is 1. The molecule has 1 aromatic heterocycles. The van der Waals surface area contributed by atoms with Crippen LogP contribution in [0.4, 0.5) is 0 Å². The number of halogens is 1. The molecule has 0 unspecified atom stereocenters. The average Bonchev–Trinajstić information content (AvgIpc) is 2.57. The molecule has 0 fully saturated rings. The van der Waals surface area contributed by atoms with Crippen LogP contribution in [0.5, 0.6) is 0 Å². The summed E-state index contributed by atoms with van der Waals surface area (Å²) >= 11 is 5.96. The highest BCUT2D eigenvalue weighted by molar-refractivity contribution is 6.33. The van der Waals surface area contributed by atoms with Gasteiger partial charge in [0.2, 0.25) is 0 Å². The Morgan fingerprint density at radius 3 is 2.62 bits per heavy atom. The van der Waals surface area contributed by atoms with E-state index < -0.39 is 0 Å². The van der Waals surface area contributed by atoms with Gasteiger partial charge in [-0.2, -0.15) is 0 Å². The Bertz CT molecular complexity index is 368. The molecule has 3 heteroatoms. The Morgan fingerprint density at radius 2 is 2.00 bits per heavy atom. The van der Waals surface area contributed by atoms with E-state index >= 15 is 0 Å². The van der Waals surface area contributed by atoms with Crippen molar-refractivity contribution in [3.8, 4) is 11.4 Å². The minimum atomic E-state index is 0. The molecule has 0 saturated heterocycles. The lowest BCUT2D eigenvalue weighted by atomic mass is 10.2. The smallest absolute Gasteiger partial charge is 0.138 e. The largest absolute Gasteiger partial charge is 0.345 e. The van der Waals surface area contributed by atoms with Crippen LogP contribution < -0.4 is 0 Å². The third-order valence-electron chi connectivity index (χ3n) is 1.63. The van der Waals surface area contributed by atoms with Crippen molar-refractivity contribution in [2.75, 3.05) is 0 Å². The van der Waals surface area contributed by atoms with E-state index in [0.717, 1.165) is 11.4 Å². The van der Waals surface area contributed by atoms with Crippen molar-refractivity contribution in [2.45, 2.75) is 7.43 Å². The van der Waals surface area contributed by atoms with Gasteiger partial charge in [-0.3, -0.25) is 0 Å². The highest BCUT2D eigenvalue weighted by Crippen LogP contribution is 2.23. The van der Waals surface area contributed by atoms with Crippen molar-refractivity contribution >= 4 is 11.6 Å². The highest BCUT2D eigenvalue weighted by Gasteiger charge is 2.02. The number of nitrogens with zero attached hydrogens (tertiary/aromatic N) is 1. The fourth-order valence-corrected chi connectivity index (χ4v) is 1.29. The number of H-pyrrole nitrogens is 1. The molecule has 68 valence electrons. The molecular formula is C10H11ClN2. The Labute approximate surface area is 82.6 Å². The van der Waals surface area contributed by atoms with E-state index in [4.69, 9.17) is 11.6 Å². The summed E-state index contributed by atoms with van der Waals surface area (Å²) in [5, 5.41) is 0.715. The Morgan fingerprint density at radius 1 is 1.23 bits per heavy atom. The highest BCUT2D eigenvalue weighted by atomic mass is 35.5. The van der Waals surface area contributed by atoms with Gasteiger partial charge in [-0.25, -0.2) is 4.98 Å². The Kier molecular flexibility index (Phi) is 3.09. The molecule has 1 heterocycles. The van der Waals surface area contributed by atoms with E-state index in [1.165, 1.54) is 0 Å². The molecule has 0 aliphatic carbocycles. The lowest BCUT2D eigenvalue weighted by Gasteiger charge is -1.97. The first-order chi connectivity index (χ1) is 5.88. The van der Waals surface area contributed by atoms with Gasteiger partial charge >= 0.3 is 0 Å². The maximum Gasteiger partial charge on any atom is 0.138 e. The maximum atomic E-state index is 5.96. The van der Waals surface area contributed by atoms with Crippen LogP contribution >= 0.6 is 11.6 Å². The fraction of sp³-hybridized carbons (Fsp3) is 0.100. The molecule has 0 radical (unpaired) electrons. The van der Waals surface area contributed by atoms with Crippen LogP contribution in [-0.2, 0) is 0 Å². The number of hydrogen-bond acceptors (Lipinski definition) is 1. The molecular weight excluding hydrogens is 184 g/mol. The van der Waals surface area contributed by atoms with E-state index in [9.17, 15) is 0 Å². The summed E-state index contributed by atoms with van der Waals surface area (Å²) in [5.41, 5.74) is 0.934. The van der Waals surface area contributed by atoms with E-state index in [2.05, 4.69) is 9.97 Å². The third-order valence-corrected chi connectivity index (χ3v) is 1.96. The molecule has 0 aliphatic heterocycles. The van der Waals surface area contributed by atoms with Crippen LogP contribution in [0.3, 0.4) is 0 Å². The second kappa shape index (κ2) is 4.10. The molecule has 0 bridgehead atoms. The van der Waals surface area contributed by atoms with Crippen LogP contribution in [0.1, 0.15) is 7.43 Å². The Hall–Kier alpha value is -1.28. The van der Waals surface area contributed by atoms with Crippen LogP contribution in [0.15, 0.2) is 36.7 Å².